The molecule has 0 saturated carbocycles. The highest BCUT2D eigenvalue weighted by molar-refractivity contribution is 7.52. The standard InChI is InChI=1S/C23H25N6O7P/c1-13(23(31)32)28-37(33,35-17-8-4-6-14-5-2-3-7-16(14)17)36-18-9-15(10-30)34-22(18)29-12-27-19-20(24)25-11-26-21(19)29/h2-8,11-13,15,18,22,30H,9-10H2,1H3,(H,28,33)(H,31,32)(H2,24,25,26)/t13?,15-,18+,22+,37?/m0/s1. The van der Waals surface area contributed by atoms with Crippen molar-refractivity contribution in [1.29, 1.82) is 0 Å². The third-order valence-electron chi connectivity index (χ3n) is 5.97. The van der Waals surface area contributed by atoms with Crippen molar-refractivity contribution < 1.29 is 33.4 Å². The third-order valence-corrected chi connectivity index (χ3v) is 7.66. The van der Waals surface area contributed by atoms with Crippen LogP contribution in [0.5, 0.6) is 5.75 Å². The number of benzene rings is 2. The van der Waals surface area contributed by atoms with Gasteiger partial charge in [0, 0.05) is 11.8 Å². The van der Waals surface area contributed by atoms with Crippen molar-refractivity contribution in [3.05, 3.63) is 55.1 Å². The first-order valence-electron chi connectivity index (χ1n) is 11.4. The number of carboxylic acid groups (broad SMARTS) is 1. The zero-order valence-corrected chi connectivity index (χ0v) is 20.6. The Morgan fingerprint density at radius 2 is 2.05 bits per heavy atom. The molecule has 5 N–H and O–H groups in total. The summed E-state index contributed by atoms with van der Waals surface area (Å²) in [5, 5.41) is 23.3. The van der Waals surface area contributed by atoms with Gasteiger partial charge in [-0.15, -0.1) is 0 Å². The number of anilines is 1. The van der Waals surface area contributed by atoms with Gasteiger partial charge in [-0.3, -0.25) is 13.9 Å². The highest BCUT2D eigenvalue weighted by Gasteiger charge is 2.44. The van der Waals surface area contributed by atoms with E-state index in [1.54, 1.807) is 24.3 Å². The number of aromatic nitrogens is 4. The Labute approximate surface area is 210 Å². The molecule has 0 bridgehead atoms. The fraction of sp³-hybridized carbons (Fsp3) is 0.304. The van der Waals surface area contributed by atoms with Gasteiger partial charge < -0.3 is 25.2 Å². The molecule has 13 nitrogen and oxygen atoms in total. The Bertz CT molecular complexity index is 1490. The number of rotatable bonds is 9. The molecular weight excluding hydrogens is 503 g/mol. The van der Waals surface area contributed by atoms with Crippen LogP contribution in [0.3, 0.4) is 0 Å². The number of nitrogen functional groups attached to an aromatic ring is 1. The molecule has 5 rings (SSSR count). The minimum absolute atomic E-state index is 0.132. The van der Waals surface area contributed by atoms with Gasteiger partial charge in [0.1, 0.15) is 29.7 Å². The lowest BCUT2D eigenvalue weighted by Crippen LogP contribution is -2.35. The van der Waals surface area contributed by atoms with Crippen molar-refractivity contribution in [2.45, 2.75) is 37.8 Å². The van der Waals surface area contributed by atoms with Gasteiger partial charge in [-0.1, -0.05) is 36.4 Å². The van der Waals surface area contributed by atoms with Crippen LogP contribution in [0.25, 0.3) is 21.9 Å². The number of aliphatic hydroxyl groups is 1. The monoisotopic (exact) mass is 528 g/mol. The van der Waals surface area contributed by atoms with E-state index in [0.717, 1.165) is 5.39 Å². The van der Waals surface area contributed by atoms with Gasteiger partial charge >= 0.3 is 13.7 Å². The zero-order valence-electron chi connectivity index (χ0n) is 19.7. The molecule has 194 valence electrons. The van der Waals surface area contributed by atoms with E-state index in [2.05, 4.69) is 20.0 Å². The lowest BCUT2D eigenvalue weighted by Gasteiger charge is -2.27. The topological polar surface area (TPSA) is 184 Å². The average molecular weight is 528 g/mol. The number of aliphatic carboxylic acids is 1. The summed E-state index contributed by atoms with van der Waals surface area (Å²) >= 11 is 0. The number of ether oxygens (including phenoxy) is 1. The molecule has 1 aliphatic rings. The number of nitrogens with zero attached hydrogens (tertiary/aromatic N) is 4. The maximum Gasteiger partial charge on any atom is 0.459 e. The van der Waals surface area contributed by atoms with Crippen molar-refractivity contribution >= 4 is 41.5 Å². The van der Waals surface area contributed by atoms with Gasteiger partial charge in [0.25, 0.3) is 0 Å². The Morgan fingerprint density at radius 1 is 1.27 bits per heavy atom. The second-order valence-electron chi connectivity index (χ2n) is 8.55. The number of hydrogen-bond acceptors (Lipinski definition) is 10. The van der Waals surface area contributed by atoms with Crippen LogP contribution in [0.2, 0.25) is 0 Å². The molecule has 2 aromatic carbocycles. The van der Waals surface area contributed by atoms with E-state index in [1.807, 2.05) is 18.2 Å². The Kier molecular flexibility index (Phi) is 6.80. The van der Waals surface area contributed by atoms with Crippen LogP contribution in [-0.4, -0.2) is 60.6 Å². The lowest BCUT2D eigenvalue weighted by molar-refractivity contribution is -0.138. The molecule has 5 atom stereocenters. The van der Waals surface area contributed by atoms with Crippen LogP contribution in [0.4, 0.5) is 5.82 Å². The third kappa shape index (κ3) is 4.99. The van der Waals surface area contributed by atoms with Gasteiger partial charge in [-0.2, -0.15) is 5.09 Å². The molecule has 37 heavy (non-hydrogen) atoms. The lowest BCUT2D eigenvalue weighted by atomic mass is 10.1. The number of nitrogens with two attached hydrogens (primary N) is 1. The number of aliphatic hydroxyl groups excluding tert-OH is 1. The van der Waals surface area contributed by atoms with Gasteiger partial charge in [0.15, 0.2) is 17.7 Å². The minimum Gasteiger partial charge on any atom is -0.480 e. The molecule has 0 radical (unpaired) electrons. The molecule has 3 heterocycles. The van der Waals surface area contributed by atoms with E-state index in [1.165, 1.54) is 24.1 Å². The van der Waals surface area contributed by atoms with Crippen LogP contribution >= 0.6 is 7.75 Å². The van der Waals surface area contributed by atoms with E-state index in [4.69, 9.17) is 19.5 Å². The highest BCUT2D eigenvalue weighted by atomic mass is 31.2. The number of nitrogens with one attached hydrogen (secondary N) is 1. The minimum atomic E-state index is -4.33. The number of carboxylic acids is 1. The highest BCUT2D eigenvalue weighted by Crippen LogP contribution is 2.51. The molecule has 2 aromatic heterocycles. The Morgan fingerprint density at radius 3 is 2.84 bits per heavy atom. The number of carbonyl (C=O) groups is 1. The molecule has 0 amide bonds. The molecule has 14 heteroatoms. The van der Waals surface area contributed by atoms with E-state index in [0.29, 0.717) is 16.6 Å². The van der Waals surface area contributed by atoms with Gasteiger partial charge in [0.2, 0.25) is 0 Å². The molecule has 1 aliphatic heterocycles. The summed E-state index contributed by atoms with van der Waals surface area (Å²) in [4.78, 5) is 24.0. The number of imidazole rings is 1. The summed E-state index contributed by atoms with van der Waals surface area (Å²) in [7, 11) is -4.33. The molecular formula is C23H25N6O7P. The zero-order chi connectivity index (χ0) is 26.2. The van der Waals surface area contributed by atoms with E-state index in [9.17, 15) is 19.6 Å². The first-order chi connectivity index (χ1) is 17.8. The van der Waals surface area contributed by atoms with Crippen LogP contribution in [0, 0.1) is 0 Å². The predicted octanol–water partition coefficient (Wildman–Crippen LogP) is 2.48. The maximum absolute atomic E-state index is 14.1. The molecule has 1 fully saturated rings. The fourth-order valence-electron chi connectivity index (χ4n) is 4.18. The summed E-state index contributed by atoms with van der Waals surface area (Å²) in [6, 6.07) is 11.3. The van der Waals surface area contributed by atoms with Crippen LogP contribution in [0.1, 0.15) is 19.6 Å². The van der Waals surface area contributed by atoms with Crippen molar-refractivity contribution in [3.63, 3.8) is 0 Å². The van der Waals surface area contributed by atoms with E-state index >= 15 is 0 Å². The molecule has 0 spiro atoms. The summed E-state index contributed by atoms with van der Waals surface area (Å²) in [6.45, 7) is 1.00. The Balaban J connectivity index is 1.52. The second-order valence-corrected chi connectivity index (χ2v) is 10.2. The first kappa shape index (κ1) is 25.1. The maximum atomic E-state index is 14.1. The SMILES string of the molecule is CC(NP(=O)(Oc1cccc2ccccc12)O[C@@H]1C[C@@H](CO)O[C@H]1n1cnc2c(N)ncnc21)C(=O)O. The smallest absolute Gasteiger partial charge is 0.459 e. The Hall–Kier alpha value is -3.61. The summed E-state index contributed by atoms with van der Waals surface area (Å²) in [5.41, 5.74) is 6.59. The molecule has 0 aliphatic carbocycles. The van der Waals surface area contributed by atoms with Gasteiger partial charge in [0.05, 0.1) is 19.0 Å². The summed E-state index contributed by atoms with van der Waals surface area (Å²) in [5.74, 6) is -0.834. The van der Waals surface area contributed by atoms with E-state index < -0.39 is 38.2 Å². The molecule has 1 saturated heterocycles. The molecule has 4 aromatic rings. The molecule has 2 unspecified atom stereocenters. The quantitative estimate of drug-likeness (QED) is 0.233. The van der Waals surface area contributed by atoms with Crippen LogP contribution in [-0.2, 0) is 18.6 Å². The van der Waals surface area contributed by atoms with Gasteiger partial charge in [-0.25, -0.2) is 19.5 Å². The normalized spacial score (nSPS) is 22.2. The van der Waals surface area contributed by atoms with Gasteiger partial charge in [-0.05, 0) is 18.4 Å². The van der Waals surface area contributed by atoms with Crippen molar-refractivity contribution in [3.8, 4) is 5.75 Å². The first-order valence-corrected chi connectivity index (χ1v) is 13.0. The van der Waals surface area contributed by atoms with Crippen LogP contribution < -0.4 is 15.3 Å². The number of hydrogen-bond donors (Lipinski definition) is 4. The second kappa shape index (κ2) is 10.0. The largest absolute Gasteiger partial charge is 0.480 e. The summed E-state index contributed by atoms with van der Waals surface area (Å²) in [6.07, 6.45) is 0.306. The van der Waals surface area contributed by atoms with Crippen molar-refractivity contribution in [1.82, 2.24) is 24.6 Å². The van der Waals surface area contributed by atoms with E-state index in [-0.39, 0.29) is 24.6 Å². The van der Waals surface area contributed by atoms with Crippen molar-refractivity contribution in [2.75, 3.05) is 12.3 Å². The number of fused-ring (bicyclic) bond motifs is 2. The van der Waals surface area contributed by atoms with Crippen molar-refractivity contribution in [2.24, 2.45) is 0 Å². The average Bonchev–Trinajstić information content (AvgIpc) is 3.48. The van der Waals surface area contributed by atoms with Crippen LogP contribution in [0.15, 0.2) is 55.1 Å². The predicted molar refractivity (Wildman–Crippen MR) is 133 cm³/mol. The summed E-state index contributed by atoms with van der Waals surface area (Å²) < 4.78 is 33.5. The fourth-order valence-corrected chi connectivity index (χ4v) is 5.89.